The van der Waals surface area contributed by atoms with Gasteiger partial charge in [-0.15, -0.1) is 0 Å². The number of nitrogens with zero attached hydrogens (tertiary/aromatic N) is 3. The number of fused-ring (bicyclic) bond motifs is 4. The number of urea groups is 1. The van der Waals surface area contributed by atoms with Crippen LogP contribution in [0.25, 0.3) is 10.9 Å². The molecule has 5 rings (SSSR count). The van der Waals surface area contributed by atoms with Gasteiger partial charge in [0.05, 0.1) is 13.7 Å². The molecule has 3 amide bonds. The van der Waals surface area contributed by atoms with E-state index in [0.717, 1.165) is 19.6 Å². The van der Waals surface area contributed by atoms with E-state index < -0.39 is 23.4 Å². The number of nitrogens with one attached hydrogen (secondary N) is 1. The number of aromatic nitrogens is 1. The Balaban J connectivity index is 1.56. The molecule has 2 N–H and O–H groups in total. The zero-order valence-corrected chi connectivity index (χ0v) is 22.8. The molecule has 3 heterocycles. The number of rotatable bonds is 10. The predicted molar refractivity (Wildman–Crippen MR) is 144 cm³/mol. The Kier molecular flexibility index (Phi) is 7.26. The number of ether oxygens (including phenoxy) is 2. The summed E-state index contributed by atoms with van der Waals surface area (Å²) < 4.78 is 26.0. The number of amides is 3. The van der Waals surface area contributed by atoms with Crippen molar-refractivity contribution in [1.82, 2.24) is 19.7 Å². The molecule has 39 heavy (non-hydrogen) atoms. The van der Waals surface area contributed by atoms with E-state index in [4.69, 9.17) is 9.47 Å². The highest BCUT2D eigenvalue weighted by Gasteiger charge is 2.60. The molecule has 0 radical (unpaired) electrons. The van der Waals surface area contributed by atoms with Crippen molar-refractivity contribution in [3.63, 3.8) is 0 Å². The lowest BCUT2D eigenvalue weighted by atomic mass is 9.81. The number of carbonyl (C=O) groups is 2. The first-order valence-electron chi connectivity index (χ1n) is 13.3. The number of aromatic amines is 1. The molecular formula is C29H35FN4O5. The number of likely N-dealkylation sites (N-methyl/N-ethyl adjacent to an activating group) is 1. The molecule has 2 aliphatic heterocycles. The summed E-state index contributed by atoms with van der Waals surface area (Å²) in [7, 11) is 3.07. The normalized spacial score (nSPS) is 20.7. The molecule has 10 heteroatoms. The number of carbonyl (C=O) groups excluding carboxylic acids is 2. The lowest BCUT2D eigenvalue weighted by molar-refractivity contribution is -0.133. The van der Waals surface area contributed by atoms with E-state index in [-0.39, 0.29) is 30.4 Å². The van der Waals surface area contributed by atoms with E-state index >= 15 is 4.39 Å². The lowest BCUT2D eigenvalue weighted by Gasteiger charge is -2.42. The van der Waals surface area contributed by atoms with Crippen molar-refractivity contribution >= 4 is 22.8 Å². The first kappa shape index (κ1) is 27.0. The van der Waals surface area contributed by atoms with Crippen molar-refractivity contribution in [3.05, 3.63) is 59.0 Å². The summed E-state index contributed by atoms with van der Waals surface area (Å²) in [6, 6.07) is 8.81. The monoisotopic (exact) mass is 538 g/mol. The maximum atomic E-state index is 15.6. The van der Waals surface area contributed by atoms with Gasteiger partial charge in [0.1, 0.15) is 17.3 Å². The summed E-state index contributed by atoms with van der Waals surface area (Å²) in [4.78, 5) is 36.4. The minimum atomic E-state index is -1.23. The molecule has 0 spiro atoms. The number of phenols is 1. The molecule has 9 nitrogen and oxygen atoms in total. The number of aromatic hydroxyl groups is 1. The summed E-state index contributed by atoms with van der Waals surface area (Å²) in [5.41, 5.74) is 1.21. The molecule has 0 aliphatic carbocycles. The van der Waals surface area contributed by atoms with Crippen LogP contribution >= 0.6 is 0 Å². The molecular weight excluding hydrogens is 503 g/mol. The first-order valence-corrected chi connectivity index (χ1v) is 13.3. The van der Waals surface area contributed by atoms with Gasteiger partial charge in [-0.1, -0.05) is 19.1 Å². The summed E-state index contributed by atoms with van der Waals surface area (Å²) in [6.45, 7) is 7.03. The maximum absolute atomic E-state index is 15.6. The largest absolute Gasteiger partial charge is 0.508 e. The predicted octanol–water partition coefficient (Wildman–Crippen LogP) is 4.05. The Labute approximate surface area is 227 Å². The van der Waals surface area contributed by atoms with E-state index in [1.807, 2.05) is 0 Å². The number of benzene rings is 2. The number of hydrogen-bond donors (Lipinski definition) is 2. The Morgan fingerprint density at radius 1 is 1.21 bits per heavy atom. The van der Waals surface area contributed by atoms with Gasteiger partial charge in [0, 0.05) is 43.2 Å². The fourth-order valence-electron chi connectivity index (χ4n) is 6.05. The molecule has 2 atom stereocenters. The third kappa shape index (κ3) is 4.41. The molecule has 2 aliphatic rings. The number of imide groups is 1. The zero-order valence-electron chi connectivity index (χ0n) is 22.8. The average molecular weight is 539 g/mol. The third-order valence-electron chi connectivity index (χ3n) is 8.05. The van der Waals surface area contributed by atoms with Crippen LogP contribution in [0.4, 0.5) is 9.18 Å². The van der Waals surface area contributed by atoms with Crippen molar-refractivity contribution < 1.29 is 28.6 Å². The van der Waals surface area contributed by atoms with Crippen molar-refractivity contribution in [2.45, 2.75) is 38.3 Å². The smallest absolute Gasteiger partial charge is 0.328 e. The van der Waals surface area contributed by atoms with Gasteiger partial charge in [-0.2, -0.15) is 0 Å². The van der Waals surface area contributed by atoms with E-state index in [1.165, 1.54) is 12.0 Å². The summed E-state index contributed by atoms with van der Waals surface area (Å²) in [6.07, 6.45) is 0.771. The molecule has 1 saturated heterocycles. The highest BCUT2D eigenvalue weighted by Crippen LogP contribution is 2.49. The maximum Gasteiger partial charge on any atom is 0.328 e. The topological polar surface area (TPSA) is 98.3 Å². The summed E-state index contributed by atoms with van der Waals surface area (Å²) in [5, 5.41) is 10.6. The van der Waals surface area contributed by atoms with E-state index in [0.29, 0.717) is 40.8 Å². The molecule has 0 bridgehead atoms. The van der Waals surface area contributed by atoms with Crippen molar-refractivity contribution in [2.24, 2.45) is 0 Å². The van der Waals surface area contributed by atoms with Gasteiger partial charge < -0.3 is 24.5 Å². The van der Waals surface area contributed by atoms with Gasteiger partial charge in [-0.05, 0) is 61.8 Å². The molecule has 208 valence electrons. The SMILES string of the molecule is CCN(CCCN1C(=O)N2[C@H](c3cccc(O)c3)c3[nH]c4ccc(OC)c(F)c4c3CC2(C)C1=O)CCOC. The van der Waals surface area contributed by atoms with Crippen LogP contribution in [0.15, 0.2) is 36.4 Å². The van der Waals surface area contributed by atoms with Gasteiger partial charge >= 0.3 is 6.03 Å². The Hall–Kier alpha value is -3.63. The minimum Gasteiger partial charge on any atom is -0.508 e. The van der Waals surface area contributed by atoms with Gasteiger partial charge in [-0.3, -0.25) is 14.6 Å². The van der Waals surface area contributed by atoms with Crippen LogP contribution in [0.5, 0.6) is 11.5 Å². The Morgan fingerprint density at radius 2 is 2.00 bits per heavy atom. The van der Waals surface area contributed by atoms with Gasteiger partial charge in [0.2, 0.25) is 0 Å². The highest BCUT2D eigenvalue weighted by molar-refractivity contribution is 6.08. The number of methoxy groups -OCH3 is 2. The van der Waals surface area contributed by atoms with E-state index in [9.17, 15) is 14.7 Å². The molecule has 2 aromatic carbocycles. The highest BCUT2D eigenvalue weighted by atomic mass is 19.1. The van der Waals surface area contributed by atoms with Crippen LogP contribution in [0, 0.1) is 5.82 Å². The molecule has 1 fully saturated rings. The first-order chi connectivity index (χ1) is 18.7. The van der Waals surface area contributed by atoms with Crippen LogP contribution in [0.3, 0.4) is 0 Å². The number of hydrogen-bond acceptors (Lipinski definition) is 6. The van der Waals surface area contributed by atoms with E-state index in [2.05, 4.69) is 16.8 Å². The van der Waals surface area contributed by atoms with Crippen LogP contribution < -0.4 is 4.74 Å². The Bertz CT molecular complexity index is 1410. The average Bonchev–Trinajstić information content (AvgIpc) is 3.37. The second-order valence-corrected chi connectivity index (χ2v) is 10.4. The molecule has 1 aromatic heterocycles. The quantitative estimate of drug-likeness (QED) is 0.378. The second kappa shape index (κ2) is 10.5. The summed E-state index contributed by atoms with van der Waals surface area (Å²) in [5.74, 6) is -0.671. The third-order valence-corrected chi connectivity index (χ3v) is 8.05. The number of H-pyrrole nitrogens is 1. The number of halogens is 1. The van der Waals surface area contributed by atoms with Crippen LogP contribution in [-0.4, -0.2) is 89.3 Å². The van der Waals surface area contributed by atoms with Gasteiger partial charge in [0.15, 0.2) is 11.6 Å². The minimum absolute atomic E-state index is 0.0378. The fraction of sp³-hybridized carbons (Fsp3) is 0.448. The molecule has 0 saturated carbocycles. The standard InChI is InChI=1S/C29H35FN4O5/c1-5-32(14-15-38-3)12-7-13-33-27(36)29(2)17-20-23-21(10-11-22(39-4)24(23)30)31-25(20)26(34(29)28(33)37)18-8-6-9-19(35)16-18/h6,8-11,16,26,31,35H,5,7,12-15,17H2,1-4H3/t26-,29?/m1/s1. The fourth-order valence-corrected chi connectivity index (χ4v) is 6.05. The van der Waals surface area contributed by atoms with Crippen LogP contribution in [-0.2, 0) is 16.0 Å². The van der Waals surface area contributed by atoms with Crippen molar-refractivity contribution in [2.75, 3.05) is 47.0 Å². The van der Waals surface area contributed by atoms with Gasteiger partial charge in [-0.25, -0.2) is 9.18 Å². The molecule has 1 unspecified atom stereocenters. The van der Waals surface area contributed by atoms with Crippen molar-refractivity contribution in [1.29, 1.82) is 0 Å². The van der Waals surface area contributed by atoms with Gasteiger partial charge in [0.25, 0.3) is 5.91 Å². The lowest BCUT2D eigenvalue weighted by Crippen LogP contribution is -2.53. The van der Waals surface area contributed by atoms with Crippen molar-refractivity contribution in [3.8, 4) is 11.5 Å². The van der Waals surface area contributed by atoms with Crippen LogP contribution in [0.2, 0.25) is 0 Å². The second-order valence-electron chi connectivity index (χ2n) is 10.4. The summed E-state index contributed by atoms with van der Waals surface area (Å²) >= 11 is 0. The van der Waals surface area contributed by atoms with Crippen LogP contribution in [0.1, 0.15) is 43.1 Å². The Morgan fingerprint density at radius 3 is 2.69 bits per heavy atom. The number of phenolic OH excluding ortho intramolecular Hbond substituents is 1. The zero-order chi connectivity index (χ0) is 27.9. The molecule has 3 aromatic rings. The van der Waals surface area contributed by atoms with E-state index in [1.54, 1.807) is 55.3 Å².